The molecular formula is C13H26N2. The van der Waals surface area contributed by atoms with Crippen molar-refractivity contribution in [1.29, 1.82) is 0 Å². The molecule has 0 aliphatic heterocycles. The van der Waals surface area contributed by atoms with E-state index in [1.807, 2.05) is 0 Å². The minimum atomic E-state index is 0.477. The molecule has 15 heavy (non-hydrogen) atoms. The minimum absolute atomic E-state index is 0.477. The number of hydrogen-bond donors (Lipinski definition) is 2. The predicted molar refractivity (Wildman–Crippen MR) is 64.8 cm³/mol. The summed E-state index contributed by atoms with van der Waals surface area (Å²) in [6.45, 7) is 2.38. The third-order valence-corrected chi connectivity index (χ3v) is 4.38. The van der Waals surface area contributed by atoms with E-state index in [2.05, 4.69) is 12.2 Å². The van der Waals surface area contributed by atoms with Gasteiger partial charge in [0.15, 0.2) is 0 Å². The quantitative estimate of drug-likeness (QED) is 0.751. The first-order chi connectivity index (χ1) is 7.25. The molecule has 0 saturated heterocycles. The van der Waals surface area contributed by atoms with Crippen LogP contribution in [0.5, 0.6) is 0 Å². The van der Waals surface area contributed by atoms with E-state index in [0.29, 0.717) is 6.04 Å². The van der Waals surface area contributed by atoms with Gasteiger partial charge < -0.3 is 11.1 Å². The van der Waals surface area contributed by atoms with Crippen LogP contribution in [0.3, 0.4) is 0 Å². The van der Waals surface area contributed by atoms with Gasteiger partial charge in [-0.15, -0.1) is 0 Å². The average Bonchev–Trinajstić information content (AvgIpc) is 2.74. The Balaban J connectivity index is 1.71. The van der Waals surface area contributed by atoms with Crippen molar-refractivity contribution in [2.75, 3.05) is 0 Å². The predicted octanol–water partition coefficient (Wildman–Crippen LogP) is 2.42. The Morgan fingerprint density at radius 2 is 1.60 bits per heavy atom. The highest BCUT2D eigenvalue weighted by Gasteiger charge is 2.25. The topological polar surface area (TPSA) is 38.0 Å². The van der Waals surface area contributed by atoms with Crippen molar-refractivity contribution in [2.45, 2.75) is 76.4 Å². The molecule has 2 nitrogen and oxygen atoms in total. The van der Waals surface area contributed by atoms with Crippen molar-refractivity contribution < 1.29 is 0 Å². The zero-order valence-electron chi connectivity index (χ0n) is 10.0. The lowest BCUT2D eigenvalue weighted by molar-refractivity contribution is 0.280. The lowest BCUT2D eigenvalue weighted by Crippen LogP contribution is -2.43. The first-order valence-electron chi connectivity index (χ1n) is 6.77. The van der Waals surface area contributed by atoms with Crippen LogP contribution < -0.4 is 11.1 Å². The molecule has 1 unspecified atom stereocenters. The summed E-state index contributed by atoms with van der Waals surface area (Å²) < 4.78 is 0. The fourth-order valence-corrected chi connectivity index (χ4v) is 3.25. The van der Waals surface area contributed by atoms with E-state index in [1.165, 1.54) is 51.4 Å². The van der Waals surface area contributed by atoms with Gasteiger partial charge in [0.25, 0.3) is 0 Å². The molecule has 1 atom stereocenters. The van der Waals surface area contributed by atoms with E-state index in [9.17, 15) is 0 Å². The second-order valence-corrected chi connectivity index (χ2v) is 5.61. The summed E-state index contributed by atoms with van der Waals surface area (Å²) in [6.07, 6.45) is 10.8. The van der Waals surface area contributed by atoms with Gasteiger partial charge in [0.2, 0.25) is 0 Å². The second-order valence-electron chi connectivity index (χ2n) is 5.61. The van der Waals surface area contributed by atoms with E-state index < -0.39 is 0 Å². The molecule has 0 aromatic heterocycles. The molecule has 0 amide bonds. The van der Waals surface area contributed by atoms with Gasteiger partial charge >= 0.3 is 0 Å². The fourth-order valence-electron chi connectivity index (χ4n) is 3.25. The zero-order chi connectivity index (χ0) is 10.7. The molecule has 2 saturated carbocycles. The van der Waals surface area contributed by atoms with Crippen LogP contribution >= 0.6 is 0 Å². The summed E-state index contributed by atoms with van der Waals surface area (Å²) in [5.74, 6) is 0.945. The van der Waals surface area contributed by atoms with Gasteiger partial charge in [0.1, 0.15) is 0 Å². The van der Waals surface area contributed by atoms with Crippen LogP contribution in [-0.4, -0.2) is 18.1 Å². The Bertz CT molecular complexity index is 179. The fraction of sp³-hybridized carbons (Fsp3) is 1.00. The lowest BCUT2D eigenvalue weighted by Gasteiger charge is -2.31. The summed E-state index contributed by atoms with van der Waals surface area (Å²) in [7, 11) is 0. The zero-order valence-corrected chi connectivity index (χ0v) is 10.0. The first-order valence-corrected chi connectivity index (χ1v) is 6.77. The highest BCUT2D eigenvalue weighted by Crippen LogP contribution is 2.28. The summed E-state index contributed by atoms with van der Waals surface area (Å²) in [6, 6.07) is 1.96. The maximum absolute atomic E-state index is 5.92. The molecule has 3 N–H and O–H groups in total. The molecule has 2 fully saturated rings. The maximum atomic E-state index is 5.92. The van der Waals surface area contributed by atoms with Crippen LogP contribution in [0.2, 0.25) is 0 Å². The molecule has 0 spiro atoms. The number of rotatable bonds is 3. The Kier molecular flexibility index (Phi) is 4.04. The molecule has 88 valence electrons. The molecule has 0 heterocycles. The van der Waals surface area contributed by atoms with E-state index in [-0.39, 0.29) is 0 Å². The van der Waals surface area contributed by atoms with Gasteiger partial charge in [0, 0.05) is 18.1 Å². The molecule has 0 aromatic rings. The van der Waals surface area contributed by atoms with Gasteiger partial charge in [0.05, 0.1) is 0 Å². The largest absolute Gasteiger partial charge is 0.328 e. The average molecular weight is 210 g/mol. The van der Waals surface area contributed by atoms with E-state index in [4.69, 9.17) is 5.73 Å². The van der Waals surface area contributed by atoms with Crippen molar-refractivity contribution in [3.05, 3.63) is 0 Å². The Morgan fingerprint density at radius 3 is 2.20 bits per heavy atom. The van der Waals surface area contributed by atoms with Crippen LogP contribution in [0.15, 0.2) is 0 Å². The molecule has 0 radical (unpaired) electrons. The summed E-state index contributed by atoms with van der Waals surface area (Å²) in [5.41, 5.74) is 5.92. The maximum Gasteiger partial charge on any atom is 0.00708 e. The van der Waals surface area contributed by atoms with Crippen molar-refractivity contribution in [1.82, 2.24) is 5.32 Å². The molecule has 2 rings (SSSR count). The Labute approximate surface area is 94.0 Å². The normalized spacial score (nSPS) is 35.6. The van der Waals surface area contributed by atoms with Crippen molar-refractivity contribution in [3.63, 3.8) is 0 Å². The summed E-state index contributed by atoms with van der Waals surface area (Å²) in [5, 5.41) is 3.83. The minimum Gasteiger partial charge on any atom is -0.328 e. The van der Waals surface area contributed by atoms with Gasteiger partial charge in [-0.3, -0.25) is 0 Å². The third-order valence-electron chi connectivity index (χ3n) is 4.38. The highest BCUT2D eigenvalue weighted by molar-refractivity contribution is 4.84. The monoisotopic (exact) mass is 210 g/mol. The number of hydrogen-bond acceptors (Lipinski definition) is 2. The van der Waals surface area contributed by atoms with Crippen LogP contribution in [0.4, 0.5) is 0 Å². The number of nitrogens with two attached hydrogens (primary N) is 1. The van der Waals surface area contributed by atoms with E-state index in [0.717, 1.165) is 18.0 Å². The summed E-state index contributed by atoms with van der Waals surface area (Å²) in [4.78, 5) is 0. The second kappa shape index (κ2) is 5.31. The first kappa shape index (κ1) is 11.4. The Hall–Kier alpha value is -0.0800. The van der Waals surface area contributed by atoms with Crippen LogP contribution in [0.1, 0.15) is 58.3 Å². The van der Waals surface area contributed by atoms with Crippen LogP contribution in [0, 0.1) is 5.92 Å². The van der Waals surface area contributed by atoms with E-state index >= 15 is 0 Å². The van der Waals surface area contributed by atoms with Gasteiger partial charge in [-0.25, -0.2) is 0 Å². The van der Waals surface area contributed by atoms with Gasteiger partial charge in [-0.2, -0.15) is 0 Å². The molecule has 0 aromatic carbocycles. The Morgan fingerprint density at radius 1 is 1.00 bits per heavy atom. The number of nitrogens with one attached hydrogen (secondary N) is 1. The van der Waals surface area contributed by atoms with Crippen molar-refractivity contribution >= 4 is 0 Å². The molecular weight excluding hydrogens is 184 g/mol. The van der Waals surface area contributed by atoms with Crippen molar-refractivity contribution in [3.8, 4) is 0 Å². The molecule has 0 bridgehead atoms. The smallest absolute Gasteiger partial charge is 0.00708 e. The molecule has 2 aliphatic rings. The molecule has 2 aliphatic carbocycles. The van der Waals surface area contributed by atoms with Gasteiger partial charge in [-0.05, 0) is 51.4 Å². The van der Waals surface area contributed by atoms with Crippen LogP contribution in [0.25, 0.3) is 0 Å². The third kappa shape index (κ3) is 3.18. The van der Waals surface area contributed by atoms with E-state index in [1.54, 1.807) is 0 Å². The SMILES string of the molecule is CC(NC1CCC(N)CC1)C1CCCC1. The standard InChI is InChI=1S/C13H26N2/c1-10(11-4-2-3-5-11)15-13-8-6-12(14)7-9-13/h10-13,15H,2-9,14H2,1H3. The summed E-state index contributed by atoms with van der Waals surface area (Å²) >= 11 is 0. The molecule has 2 heteroatoms. The van der Waals surface area contributed by atoms with Crippen molar-refractivity contribution in [2.24, 2.45) is 11.7 Å². The highest BCUT2D eigenvalue weighted by atomic mass is 15.0. The van der Waals surface area contributed by atoms with Crippen LogP contribution in [-0.2, 0) is 0 Å². The lowest BCUT2D eigenvalue weighted by atomic mass is 9.90. The van der Waals surface area contributed by atoms with Gasteiger partial charge in [-0.1, -0.05) is 12.8 Å².